The molecule has 0 fully saturated rings. The Morgan fingerprint density at radius 3 is 2.50 bits per heavy atom. The zero-order chi connectivity index (χ0) is 28.7. The summed E-state index contributed by atoms with van der Waals surface area (Å²) in [6.45, 7) is 11.5. The number of hydrogen-bond donors (Lipinski definition) is 2. The normalized spacial score (nSPS) is 18.9. The molecule has 1 aliphatic rings. The van der Waals surface area contributed by atoms with E-state index in [2.05, 4.69) is 10.6 Å². The molecule has 1 heterocycles. The second-order valence-electron chi connectivity index (χ2n) is 10.4. The number of unbranched alkanes of at least 4 members (excludes halogenated alkanes) is 2. The number of nitrogens with one attached hydrogen (secondary N) is 2. The van der Waals surface area contributed by atoms with E-state index in [4.69, 9.17) is 21.1 Å². The van der Waals surface area contributed by atoms with E-state index in [1.165, 1.54) is 13.2 Å². The fourth-order valence-electron chi connectivity index (χ4n) is 3.68. The fraction of sp³-hybridized carbons (Fsp3) is 0.500. The number of carbonyl (C=O) groups is 3. The minimum atomic E-state index is -0.705. The highest BCUT2D eigenvalue weighted by Crippen LogP contribution is 2.23. The molecular weight excluding hydrogens is 504 g/mol. The number of methoxy groups -OCH3 is 1. The van der Waals surface area contributed by atoms with Gasteiger partial charge in [0.1, 0.15) is 12.1 Å². The highest BCUT2D eigenvalue weighted by molar-refractivity contribution is 6.29. The van der Waals surface area contributed by atoms with Crippen LogP contribution in [0.4, 0.5) is 0 Å². The first-order chi connectivity index (χ1) is 17.8. The maximum atomic E-state index is 12.7. The molecule has 1 rings (SSSR count). The first-order valence-corrected chi connectivity index (χ1v) is 13.3. The third kappa shape index (κ3) is 13.0. The van der Waals surface area contributed by atoms with Crippen molar-refractivity contribution < 1.29 is 23.9 Å². The summed E-state index contributed by atoms with van der Waals surface area (Å²) in [6, 6.07) is -0.705. The van der Waals surface area contributed by atoms with Gasteiger partial charge in [-0.05, 0) is 50.8 Å². The van der Waals surface area contributed by atoms with Crippen LogP contribution in [-0.2, 0) is 23.9 Å². The van der Waals surface area contributed by atoms with Crippen molar-refractivity contribution in [3.63, 3.8) is 0 Å². The monoisotopic (exact) mass is 546 g/mol. The Hall–Kier alpha value is -3.06. The molecule has 0 aromatic carbocycles. The maximum absolute atomic E-state index is 12.7. The van der Waals surface area contributed by atoms with Gasteiger partial charge in [-0.2, -0.15) is 0 Å². The van der Waals surface area contributed by atoms with Crippen molar-refractivity contribution in [1.29, 1.82) is 0 Å². The average Bonchev–Trinajstić information content (AvgIpc) is 2.83. The fourth-order valence-corrected chi connectivity index (χ4v) is 3.79. The predicted molar refractivity (Wildman–Crippen MR) is 153 cm³/mol. The molecule has 0 saturated carbocycles. The number of amides is 2. The van der Waals surface area contributed by atoms with Crippen LogP contribution in [0.2, 0.25) is 0 Å². The van der Waals surface area contributed by atoms with E-state index in [9.17, 15) is 14.4 Å². The van der Waals surface area contributed by atoms with Gasteiger partial charge in [0, 0.05) is 23.4 Å². The largest absolute Gasteiger partial charge is 0.490 e. The summed E-state index contributed by atoms with van der Waals surface area (Å²) in [5, 5.41) is 6.34. The van der Waals surface area contributed by atoms with Crippen LogP contribution >= 0.6 is 11.6 Å². The molecule has 3 atom stereocenters. The molecule has 210 valence electrons. The molecule has 0 aromatic rings. The summed E-state index contributed by atoms with van der Waals surface area (Å²) in [7, 11) is 1.45. The minimum absolute atomic E-state index is 0.0114. The lowest BCUT2D eigenvalue weighted by Gasteiger charge is -2.29. The SMILES string of the molecule is COC1=CCC(C(C)C=C(C)C=CC=CC(=O)NC(C(=O)NC=CCCCC=C(C)Cl)C(C)(C)C)OC1=O. The van der Waals surface area contributed by atoms with Crippen LogP contribution in [0, 0.1) is 11.3 Å². The molecule has 7 nitrogen and oxygen atoms in total. The first kappa shape index (κ1) is 33.0. The van der Waals surface area contributed by atoms with Crippen LogP contribution in [0.25, 0.3) is 0 Å². The van der Waals surface area contributed by atoms with Crippen LogP contribution < -0.4 is 10.6 Å². The Kier molecular flexibility index (Phi) is 14.5. The van der Waals surface area contributed by atoms with E-state index in [0.29, 0.717) is 6.42 Å². The zero-order valence-electron chi connectivity index (χ0n) is 23.7. The Labute approximate surface area is 232 Å². The van der Waals surface area contributed by atoms with Gasteiger partial charge in [-0.3, -0.25) is 9.59 Å². The van der Waals surface area contributed by atoms with Crippen LogP contribution in [0.1, 0.15) is 67.2 Å². The van der Waals surface area contributed by atoms with Gasteiger partial charge in [0.05, 0.1) is 7.11 Å². The number of hydrogen-bond acceptors (Lipinski definition) is 5. The molecule has 0 radical (unpaired) electrons. The number of carbonyl (C=O) groups excluding carboxylic acids is 3. The van der Waals surface area contributed by atoms with Crippen molar-refractivity contribution in [2.45, 2.75) is 79.4 Å². The van der Waals surface area contributed by atoms with Gasteiger partial charge < -0.3 is 20.1 Å². The Bertz CT molecular complexity index is 995. The standard InChI is InChI=1S/C30H43ClN2O5/c1-21(20-22(2)24-17-18-25(37-7)29(36)38-24)14-11-12-16-26(34)33-27(30(4,5)6)28(35)32-19-13-9-8-10-15-23(3)31/h11-16,18-20,22,24,27H,8-10,17H2,1-7H3,(H,32,35)(H,33,34). The number of cyclic esters (lactones) is 1. The number of allylic oxidation sites excluding steroid dienone is 7. The van der Waals surface area contributed by atoms with Crippen LogP contribution in [0.3, 0.4) is 0 Å². The van der Waals surface area contributed by atoms with Crippen molar-refractivity contribution in [2.75, 3.05) is 7.11 Å². The highest BCUT2D eigenvalue weighted by Gasteiger charge is 2.32. The van der Waals surface area contributed by atoms with Crippen molar-refractivity contribution in [2.24, 2.45) is 11.3 Å². The molecule has 0 bridgehead atoms. The van der Waals surface area contributed by atoms with Crippen molar-refractivity contribution in [1.82, 2.24) is 10.6 Å². The molecule has 2 amide bonds. The number of esters is 1. The van der Waals surface area contributed by atoms with E-state index < -0.39 is 17.4 Å². The Morgan fingerprint density at radius 1 is 1.21 bits per heavy atom. The van der Waals surface area contributed by atoms with E-state index in [1.807, 2.05) is 65.8 Å². The Morgan fingerprint density at radius 2 is 1.89 bits per heavy atom. The lowest BCUT2D eigenvalue weighted by molar-refractivity contribution is -0.151. The van der Waals surface area contributed by atoms with E-state index in [-0.39, 0.29) is 29.6 Å². The molecule has 3 unspecified atom stereocenters. The van der Waals surface area contributed by atoms with Gasteiger partial charge in [-0.15, -0.1) is 0 Å². The summed E-state index contributed by atoms with van der Waals surface area (Å²) in [4.78, 5) is 37.1. The molecule has 2 N–H and O–H groups in total. The van der Waals surface area contributed by atoms with Gasteiger partial charge >= 0.3 is 5.97 Å². The topological polar surface area (TPSA) is 93.7 Å². The summed E-state index contributed by atoms with van der Waals surface area (Å²) >= 11 is 5.81. The molecule has 38 heavy (non-hydrogen) atoms. The average molecular weight is 547 g/mol. The number of ether oxygens (including phenoxy) is 2. The second-order valence-corrected chi connectivity index (χ2v) is 11.0. The maximum Gasteiger partial charge on any atom is 0.373 e. The quantitative estimate of drug-likeness (QED) is 0.128. The predicted octanol–water partition coefficient (Wildman–Crippen LogP) is 6.00. The van der Waals surface area contributed by atoms with Gasteiger partial charge in [0.2, 0.25) is 11.8 Å². The molecule has 0 aromatic heterocycles. The van der Waals surface area contributed by atoms with Crippen molar-refractivity contribution >= 4 is 29.4 Å². The lowest BCUT2D eigenvalue weighted by Crippen LogP contribution is -2.52. The van der Waals surface area contributed by atoms with Crippen molar-refractivity contribution in [3.05, 3.63) is 71.2 Å². The molecule has 0 saturated heterocycles. The molecule has 8 heteroatoms. The number of rotatable bonds is 13. The third-order valence-corrected chi connectivity index (χ3v) is 5.96. The number of halogens is 1. The molecule has 0 aliphatic carbocycles. The highest BCUT2D eigenvalue weighted by atomic mass is 35.5. The van der Waals surface area contributed by atoms with Gasteiger partial charge in [-0.1, -0.05) is 81.3 Å². The first-order valence-electron chi connectivity index (χ1n) is 12.9. The Balaban J connectivity index is 2.61. The summed E-state index contributed by atoms with van der Waals surface area (Å²) < 4.78 is 10.4. The molecule has 1 aliphatic heterocycles. The third-order valence-electron chi connectivity index (χ3n) is 5.80. The van der Waals surface area contributed by atoms with Gasteiger partial charge in [0.15, 0.2) is 5.76 Å². The molecule has 0 spiro atoms. The van der Waals surface area contributed by atoms with Crippen LogP contribution in [-0.4, -0.2) is 37.0 Å². The van der Waals surface area contributed by atoms with Crippen LogP contribution in [0.5, 0.6) is 0 Å². The van der Waals surface area contributed by atoms with Gasteiger partial charge in [-0.25, -0.2) is 4.79 Å². The van der Waals surface area contributed by atoms with Crippen molar-refractivity contribution in [3.8, 4) is 0 Å². The summed E-state index contributed by atoms with van der Waals surface area (Å²) in [6.07, 6.45) is 18.8. The minimum Gasteiger partial charge on any atom is -0.490 e. The van der Waals surface area contributed by atoms with Gasteiger partial charge in [0.25, 0.3) is 0 Å². The molecular formula is C30H43ClN2O5. The summed E-state index contributed by atoms with van der Waals surface area (Å²) in [5.74, 6) is -0.831. The van der Waals surface area contributed by atoms with E-state index in [1.54, 1.807) is 24.4 Å². The van der Waals surface area contributed by atoms with E-state index >= 15 is 0 Å². The summed E-state index contributed by atoms with van der Waals surface area (Å²) in [5.41, 5.74) is 0.490. The lowest BCUT2D eigenvalue weighted by atomic mass is 9.86. The van der Waals surface area contributed by atoms with E-state index in [0.717, 1.165) is 29.9 Å². The second kappa shape index (κ2) is 16.7. The smallest absolute Gasteiger partial charge is 0.373 e. The van der Waals surface area contributed by atoms with Crippen LogP contribution in [0.15, 0.2) is 71.2 Å². The zero-order valence-corrected chi connectivity index (χ0v) is 24.4.